The maximum Gasteiger partial charge on any atom is 0.303 e. The first-order valence-electron chi connectivity index (χ1n) is 4.14. The SMILES string of the molecule is NCC1CC[C@H](CC(=O)O)C1. The Hall–Kier alpha value is -0.570. The van der Waals surface area contributed by atoms with Gasteiger partial charge in [-0.15, -0.1) is 0 Å². The molecule has 0 spiro atoms. The molecule has 0 aromatic heterocycles. The Morgan fingerprint density at radius 1 is 1.45 bits per heavy atom. The molecule has 11 heavy (non-hydrogen) atoms. The highest BCUT2D eigenvalue weighted by Gasteiger charge is 2.24. The molecule has 3 nitrogen and oxygen atoms in total. The lowest BCUT2D eigenvalue weighted by Crippen LogP contribution is -2.11. The molecule has 1 saturated carbocycles. The first kappa shape index (κ1) is 8.53. The van der Waals surface area contributed by atoms with Gasteiger partial charge in [0.2, 0.25) is 0 Å². The molecule has 0 radical (unpaired) electrons. The summed E-state index contributed by atoms with van der Waals surface area (Å²) in [6.45, 7) is 0.718. The van der Waals surface area contributed by atoms with E-state index in [1.54, 1.807) is 0 Å². The topological polar surface area (TPSA) is 63.3 Å². The van der Waals surface area contributed by atoms with Crippen LogP contribution in [0.2, 0.25) is 0 Å². The van der Waals surface area contributed by atoms with Gasteiger partial charge in [-0.2, -0.15) is 0 Å². The van der Waals surface area contributed by atoms with Gasteiger partial charge >= 0.3 is 5.97 Å². The van der Waals surface area contributed by atoms with E-state index in [9.17, 15) is 4.79 Å². The van der Waals surface area contributed by atoms with Crippen LogP contribution in [0, 0.1) is 11.8 Å². The van der Waals surface area contributed by atoms with Crippen molar-refractivity contribution in [1.82, 2.24) is 0 Å². The molecule has 3 N–H and O–H groups in total. The molecule has 3 heteroatoms. The second-order valence-electron chi connectivity index (χ2n) is 3.38. The molecule has 0 heterocycles. The first-order chi connectivity index (χ1) is 5.22. The molecular weight excluding hydrogens is 142 g/mol. The molecule has 0 bridgehead atoms. The van der Waals surface area contributed by atoms with Gasteiger partial charge in [-0.3, -0.25) is 4.79 Å². The van der Waals surface area contributed by atoms with Gasteiger partial charge in [0, 0.05) is 6.42 Å². The van der Waals surface area contributed by atoms with Crippen LogP contribution in [0.25, 0.3) is 0 Å². The largest absolute Gasteiger partial charge is 0.481 e. The number of hydrogen-bond acceptors (Lipinski definition) is 2. The molecule has 64 valence electrons. The number of rotatable bonds is 3. The predicted octanol–water partition coefficient (Wildman–Crippen LogP) is 0.836. The van der Waals surface area contributed by atoms with Gasteiger partial charge < -0.3 is 10.8 Å². The lowest BCUT2D eigenvalue weighted by Gasteiger charge is -2.05. The smallest absolute Gasteiger partial charge is 0.303 e. The van der Waals surface area contributed by atoms with Crippen LogP contribution in [-0.4, -0.2) is 17.6 Å². The third-order valence-electron chi connectivity index (χ3n) is 2.45. The van der Waals surface area contributed by atoms with Crippen LogP contribution in [0.15, 0.2) is 0 Å². The number of nitrogens with two attached hydrogens (primary N) is 1. The van der Waals surface area contributed by atoms with Gasteiger partial charge in [0.15, 0.2) is 0 Å². The van der Waals surface area contributed by atoms with E-state index < -0.39 is 5.97 Å². The quantitative estimate of drug-likeness (QED) is 0.638. The van der Waals surface area contributed by atoms with Crippen molar-refractivity contribution >= 4 is 5.97 Å². The summed E-state index contributed by atoms with van der Waals surface area (Å²) in [6.07, 6.45) is 3.52. The van der Waals surface area contributed by atoms with Crippen molar-refractivity contribution < 1.29 is 9.90 Å². The number of carbonyl (C=O) groups is 1. The fraction of sp³-hybridized carbons (Fsp3) is 0.875. The van der Waals surface area contributed by atoms with Crippen molar-refractivity contribution in [2.24, 2.45) is 17.6 Å². The van der Waals surface area contributed by atoms with E-state index >= 15 is 0 Å². The summed E-state index contributed by atoms with van der Waals surface area (Å²) in [5, 5.41) is 8.50. The molecule has 2 atom stereocenters. The molecule has 0 saturated heterocycles. The van der Waals surface area contributed by atoms with Gasteiger partial charge in [-0.25, -0.2) is 0 Å². The highest BCUT2D eigenvalue weighted by atomic mass is 16.4. The second kappa shape index (κ2) is 3.72. The van der Waals surface area contributed by atoms with E-state index in [4.69, 9.17) is 10.8 Å². The molecule has 1 aliphatic carbocycles. The Kier molecular flexibility index (Phi) is 2.88. The predicted molar refractivity (Wildman–Crippen MR) is 42.1 cm³/mol. The van der Waals surface area contributed by atoms with Crippen molar-refractivity contribution in [3.05, 3.63) is 0 Å². The average molecular weight is 157 g/mol. The third kappa shape index (κ3) is 2.50. The first-order valence-corrected chi connectivity index (χ1v) is 4.14. The van der Waals surface area contributed by atoms with Crippen LogP contribution in [0.3, 0.4) is 0 Å². The van der Waals surface area contributed by atoms with E-state index in [-0.39, 0.29) is 0 Å². The van der Waals surface area contributed by atoms with Gasteiger partial charge in [0.05, 0.1) is 0 Å². The molecule has 0 amide bonds. The van der Waals surface area contributed by atoms with E-state index in [1.165, 1.54) is 0 Å². The number of aliphatic carboxylic acids is 1. The summed E-state index contributed by atoms with van der Waals surface area (Å²) in [4.78, 5) is 10.3. The normalized spacial score (nSPS) is 30.6. The maximum atomic E-state index is 10.3. The van der Waals surface area contributed by atoms with Crippen LogP contribution in [0.5, 0.6) is 0 Å². The molecule has 1 fully saturated rings. The highest BCUT2D eigenvalue weighted by molar-refractivity contribution is 5.67. The minimum atomic E-state index is -0.673. The van der Waals surface area contributed by atoms with Crippen LogP contribution in [-0.2, 0) is 4.79 Å². The van der Waals surface area contributed by atoms with Crippen molar-refractivity contribution in [3.63, 3.8) is 0 Å². The van der Waals surface area contributed by atoms with Crippen molar-refractivity contribution in [2.75, 3.05) is 6.54 Å². The summed E-state index contributed by atoms with van der Waals surface area (Å²) in [5.74, 6) is 0.299. The Bertz CT molecular complexity index is 147. The molecule has 1 rings (SSSR count). The average Bonchev–Trinajstić information content (AvgIpc) is 2.34. The lowest BCUT2D eigenvalue weighted by atomic mass is 10.0. The molecule has 0 aromatic rings. The van der Waals surface area contributed by atoms with Crippen LogP contribution >= 0.6 is 0 Å². The minimum Gasteiger partial charge on any atom is -0.481 e. The van der Waals surface area contributed by atoms with Crippen LogP contribution in [0.1, 0.15) is 25.7 Å². The maximum absolute atomic E-state index is 10.3. The number of carboxylic acid groups (broad SMARTS) is 1. The standard InChI is InChI=1S/C8H15NO2/c9-5-7-2-1-6(3-7)4-8(10)11/h6-7H,1-5,9H2,(H,10,11)/t6-,7?/m0/s1. The summed E-state index contributed by atoms with van der Waals surface area (Å²) >= 11 is 0. The Morgan fingerprint density at radius 3 is 2.55 bits per heavy atom. The number of hydrogen-bond donors (Lipinski definition) is 2. The van der Waals surface area contributed by atoms with E-state index in [1.807, 2.05) is 0 Å². The Balaban J connectivity index is 2.24. The third-order valence-corrected chi connectivity index (χ3v) is 2.45. The summed E-state index contributed by atoms with van der Waals surface area (Å²) in [7, 11) is 0. The highest BCUT2D eigenvalue weighted by Crippen LogP contribution is 2.32. The summed E-state index contributed by atoms with van der Waals surface area (Å²) in [5.41, 5.74) is 5.48. The van der Waals surface area contributed by atoms with Gasteiger partial charge in [-0.05, 0) is 37.6 Å². The van der Waals surface area contributed by atoms with Crippen molar-refractivity contribution in [2.45, 2.75) is 25.7 Å². The second-order valence-corrected chi connectivity index (χ2v) is 3.38. The van der Waals surface area contributed by atoms with E-state index in [0.717, 1.165) is 25.8 Å². The molecule has 0 aliphatic heterocycles. The summed E-state index contributed by atoms with van der Waals surface area (Å²) in [6, 6.07) is 0. The number of carboxylic acids is 1. The Morgan fingerprint density at radius 2 is 2.09 bits per heavy atom. The van der Waals surface area contributed by atoms with Crippen molar-refractivity contribution in [3.8, 4) is 0 Å². The van der Waals surface area contributed by atoms with Crippen LogP contribution < -0.4 is 5.73 Å². The fourth-order valence-electron chi connectivity index (χ4n) is 1.82. The summed E-state index contributed by atoms with van der Waals surface area (Å²) < 4.78 is 0. The fourth-order valence-corrected chi connectivity index (χ4v) is 1.82. The minimum absolute atomic E-state index is 0.330. The van der Waals surface area contributed by atoms with Gasteiger partial charge in [0.25, 0.3) is 0 Å². The van der Waals surface area contributed by atoms with Gasteiger partial charge in [0.1, 0.15) is 0 Å². The van der Waals surface area contributed by atoms with Crippen LogP contribution in [0.4, 0.5) is 0 Å². The zero-order valence-corrected chi connectivity index (χ0v) is 6.62. The van der Waals surface area contributed by atoms with Crippen molar-refractivity contribution in [1.29, 1.82) is 0 Å². The lowest BCUT2D eigenvalue weighted by molar-refractivity contribution is -0.138. The zero-order valence-electron chi connectivity index (χ0n) is 6.62. The van der Waals surface area contributed by atoms with E-state index in [0.29, 0.717) is 18.3 Å². The molecule has 0 aromatic carbocycles. The molecular formula is C8H15NO2. The Labute approximate surface area is 66.6 Å². The zero-order chi connectivity index (χ0) is 8.27. The van der Waals surface area contributed by atoms with Gasteiger partial charge in [-0.1, -0.05) is 0 Å². The molecule has 1 unspecified atom stereocenters. The molecule has 1 aliphatic rings. The monoisotopic (exact) mass is 157 g/mol. The van der Waals surface area contributed by atoms with E-state index in [2.05, 4.69) is 0 Å².